The number of Topliss-reactive ketones (excluding diaryl/α,β-unsaturated/α-hetero) is 1. The molecule has 154 valence electrons. The number of carbonyl (C=O) groups excluding carboxylic acids is 3. The lowest BCUT2D eigenvalue weighted by atomic mass is 10.1. The molecule has 8 nitrogen and oxygen atoms in total. The third kappa shape index (κ3) is 4.48. The minimum Gasteiger partial charge on any atom is -0.457 e. The van der Waals surface area contributed by atoms with E-state index in [1.54, 1.807) is 18.2 Å². The lowest BCUT2D eigenvalue weighted by molar-refractivity contribution is -0.145. The number of ketones is 1. The molecule has 1 amide bonds. The van der Waals surface area contributed by atoms with Gasteiger partial charge in [0, 0.05) is 18.4 Å². The minimum atomic E-state index is -0.607. The first-order valence-corrected chi connectivity index (χ1v) is 9.62. The van der Waals surface area contributed by atoms with Crippen LogP contribution in [0, 0.1) is 0 Å². The third-order valence-electron chi connectivity index (χ3n) is 4.80. The van der Waals surface area contributed by atoms with Gasteiger partial charge in [-0.15, -0.1) is 0 Å². The molecule has 2 aliphatic rings. The summed E-state index contributed by atoms with van der Waals surface area (Å²) in [6.07, 6.45) is 0.535. The number of rotatable bonds is 7. The van der Waals surface area contributed by atoms with Gasteiger partial charge in [-0.1, -0.05) is 30.3 Å². The van der Waals surface area contributed by atoms with Gasteiger partial charge in [-0.05, 0) is 23.8 Å². The number of hydrogen-bond acceptors (Lipinski definition) is 7. The average Bonchev–Trinajstić information content (AvgIpc) is 3.45. The zero-order chi connectivity index (χ0) is 20.9. The Morgan fingerprint density at radius 2 is 1.80 bits per heavy atom. The molecule has 30 heavy (non-hydrogen) atoms. The maximum Gasteiger partial charge on any atom is 0.306 e. The molecule has 0 atom stereocenters. The highest BCUT2D eigenvalue weighted by molar-refractivity contribution is 6.02. The molecule has 2 aromatic carbocycles. The van der Waals surface area contributed by atoms with E-state index in [0.717, 1.165) is 11.3 Å². The summed E-state index contributed by atoms with van der Waals surface area (Å²) in [5, 5.41) is 5.73. The molecule has 0 spiro atoms. The monoisotopic (exact) mass is 408 g/mol. The van der Waals surface area contributed by atoms with Crippen molar-refractivity contribution in [2.75, 3.05) is 19.9 Å². The molecular formula is C22H20N2O6. The van der Waals surface area contributed by atoms with Crippen LogP contribution in [0.3, 0.4) is 0 Å². The molecular weight excluding hydrogens is 388 g/mol. The number of hydrazone groups is 1. The van der Waals surface area contributed by atoms with Gasteiger partial charge in [0.05, 0.1) is 18.7 Å². The van der Waals surface area contributed by atoms with Gasteiger partial charge in [0.1, 0.15) is 0 Å². The molecule has 0 aliphatic carbocycles. The van der Waals surface area contributed by atoms with Crippen LogP contribution >= 0.6 is 0 Å². The molecule has 0 fully saturated rings. The Labute approximate surface area is 173 Å². The zero-order valence-electron chi connectivity index (χ0n) is 16.2. The quantitative estimate of drug-likeness (QED) is 0.516. The summed E-state index contributed by atoms with van der Waals surface area (Å²) >= 11 is 0. The van der Waals surface area contributed by atoms with Crippen molar-refractivity contribution in [3.05, 3.63) is 59.7 Å². The maximum atomic E-state index is 12.3. The van der Waals surface area contributed by atoms with Gasteiger partial charge in [-0.2, -0.15) is 5.10 Å². The molecule has 0 unspecified atom stereocenters. The Morgan fingerprint density at radius 3 is 2.63 bits per heavy atom. The molecule has 0 N–H and O–H groups in total. The Hall–Kier alpha value is -3.68. The van der Waals surface area contributed by atoms with Gasteiger partial charge in [0.2, 0.25) is 12.7 Å². The summed E-state index contributed by atoms with van der Waals surface area (Å²) in [4.78, 5) is 36.5. The van der Waals surface area contributed by atoms with Crippen LogP contribution in [0.1, 0.15) is 35.2 Å². The van der Waals surface area contributed by atoms with Crippen LogP contribution in [0.4, 0.5) is 0 Å². The molecule has 0 bridgehead atoms. The van der Waals surface area contributed by atoms with E-state index in [9.17, 15) is 14.4 Å². The highest BCUT2D eigenvalue weighted by atomic mass is 16.7. The molecule has 8 heteroatoms. The second kappa shape index (κ2) is 8.77. The summed E-state index contributed by atoms with van der Waals surface area (Å²) in [5.41, 5.74) is 2.19. The van der Waals surface area contributed by atoms with E-state index in [-0.39, 0.29) is 31.3 Å². The minimum absolute atomic E-state index is 0.0252. The Morgan fingerprint density at radius 1 is 1.00 bits per heavy atom. The number of nitrogens with zero attached hydrogens (tertiary/aromatic N) is 2. The molecule has 2 heterocycles. The van der Waals surface area contributed by atoms with Gasteiger partial charge < -0.3 is 14.2 Å². The number of fused-ring (bicyclic) bond motifs is 1. The molecule has 0 aromatic heterocycles. The summed E-state index contributed by atoms with van der Waals surface area (Å²) in [7, 11) is 0. The van der Waals surface area contributed by atoms with Crippen LogP contribution in [0.25, 0.3) is 0 Å². The lowest BCUT2D eigenvalue weighted by Crippen LogP contribution is -2.24. The fourth-order valence-corrected chi connectivity index (χ4v) is 3.18. The highest BCUT2D eigenvalue weighted by Crippen LogP contribution is 2.32. The molecule has 0 saturated carbocycles. The van der Waals surface area contributed by atoms with Crippen molar-refractivity contribution in [1.82, 2.24) is 5.01 Å². The van der Waals surface area contributed by atoms with Gasteiger partial charge >= 0.3 is 5.97 Å². The fraction of sp³-hybridized carbons (Fsp3) is 0.273. The maximum absolute atomic E-state index is 12.3. The second-order valence-electron chi connectivity index (χ2n) is 6.83. The Bertz CT molecular complexity index is 1000. The van der Waals surface area contributed by atoms with Crippen LogP contribution in [0.5, 0.6) is 11.5 Å². The van der Waals surface area contributed by atoms with Gasteiger partial charge in [0.25, 0.3) is 0 Å². The predicted octanol–water partition coefficient (Wildman–Crippen LogP) is 2.56. The predicted molar refractivity (Wildman–Crippen MR) is 106 cm³/mol. The van der Waals surface area contributed by atoms with E-state index >= 15 is 0 Å². The Kier molecular flexibility index (Phi) is 5.74. The van der Waals surface area contributed by atoms with E-state index in [1.165, 1.54) is 5.01 Å². The van der Waals surface area contributed by atoms with Crippen molar-refractivity contribution in [2.24, 2.45) is 5.10 Å². The first-order chi connectivity index (χ1) is 14.6. The topological polar surface area (TPSA) is 94.5 Å². The Balaban J connectivity index is 1.22. The van der Waals surface area contributed by atoms with Crippen LogP contribution in [-0.2, 0) is 14.3 Å². The third-order valence-corrected chi connectivity index (χ3v) is 4.80. The summed E-state index contributed by atoms with van der Waals surface area (Å²) in [6, 6.07) is 14.4. The molecule has 0 saturated heterocycles. The van der Waals surface area contributed by atoms with Gasteiger partial charge in [-0.3, -0.25) is 14.4 Å². The number of carbonyl (C=O) groups is 3. The summed E-state index contributed by atoms with van der Waals surface area (Å²) in [6.45, 7) is 0.206. The number of ether oxygens (including phenoxy) is 3. The zero-order valence-corrected chi connectivity index (χ0v) is 16.2. The fourth-order valence-electron chi connectivity index (χ4n) is 3.18. The number of hydrogen-bond donors (Lipinski definition) is 0. The van der Waals surface area contributed by atoms with Crippen molar-refractivity contribution >= 4 is 23.4 Å². The van der Waals surface area contributed by atoms with E-state index in [1.807, 2.05) is 30.3 Å². The normalized spacial score (nSPS) is 14.4. The van der Waals surface area contributed by atoms with Crippen LogP contribution in [0.15, 0.2) is 53.6 Å². The van der Waals surface area contributed by atoms with Crippen LogP contribution < -0.4 is 9.47 Å². The second-order valence-corrected chi connectivity index (χ2v) is 6.83. The standard InChI is InChI=1S/C22H20N2O6/c25-18(16-6-7-19-20(12-16)30-14-29-19)13-28-22(27)9-8-21(26)24-11-10-17(23-24)15-4-2-1-3-5-15/h1-7,12H,8-11,13-14H2. The number of amides is 1. The first-order valence-electron chi connectivity index (χ1n) is 9.62. The highest BCUT2D eigenvalue weighted by Gasteiger charge is 2.22. The van der Waals surface area contributed by atoms with E-state index < -0.39 is 12.6 Å². The van der Waals surface area contributed by atoms with Gasteiger partial charge in [0.15, 0.2) is 23.9 Å². The average molecular weight is 408 g/mol. The summed E-state index contributed by atoms with van der Waals surface area (Å²) in [5.74, 6) is -0.158. The summed E-state index contributed by atoms with van der Waals surface area (Å²) < 4.78 is 15.4. The lowest BCUT2D eigenvalue weighted by Gasteiger charge is -2.11. The van der Waals surface area contributed by atoms with Crippen molar-refractivity contribution in [2.45, 2.75) is 19.3 Å². The van der Waals surface area contributed by atoms with Crippen LogP contribution in [0.2, 0.25) is 0 Å². The first kappa shape index (κ1) is 19.6. The van der Waals surface area contributed by atoms with Crippen molar-refractivity contribution < 1.29 is 28.6 Å². The molecule has 0 radical (unpaired) electrons. The van der Waals surface area contributed by atoms with E-state index in [4.69, 9.17) is 14.2 Å². The van der Waals surface area contributed by atoms with E-state index in [0.29, 0.717) is 30.0 Å². The molecule has 4 rings (SSSR count). The van der Waals surface area contributed by atoms with Crippen molar-refractivity contribution in [3.8, 4) is 11.5 Å². The van der Waals surface area contributed by atoms with Crippen molar-refractivity contribution in [3.63, 3.8) is 0 Å². The molecule has 2 aromatic rings. The molecule has 2 aliphatic heterocycles. The van der Waals surface area contributed by atoms with Crippen LogP contribution in [-0.4, -0.2) is 48.3 Å². The van der Waals surface area contributed by atoms with E-state index in [2.05, 4.69) is 5.10 Å². The largest absolute Gasteiger partial charge is 0.457 e. The van der Waals surface area contributed by atoms with Crippen molar-refractivity contribution in [1.29, 1.82) is 0 Å². The number of esters is 1. The number of benzene rings is 2. The van der Waals surface area contributed by atoms with Gasteiger partial charge in [-0.25, -0.2) is 5.01 Å². The SMILES string of the molecule is O=C(CCC(=O)N1CCC(c2ccccc2)=N1)OCC(=O)c1ccc2c(c1)OCO2. The smallest absolute Gasteiger partial charge is 0.306 e.